The molecule has 0 unspecified atom stereocenters. The Morgan fingerprint density at radius 1 is 1.00 bits per heavy atom. The summed E-state index contributed by atoms with van der Waals surface area (Å²) in [5, 5.41) is 15.4. The first-order valence-corrected chi connectivity index (χ1v) is 12.0. The van der Waals surface area contributed by atoms with Crippen LogP contribution in [0.25, 0.3) is 26.9 Å². The van der Waals surface area contributed by atoms with Crippen molar-refractivity contribution in [3.05, 3.63) is 77.4 Å². The van der Waals surface area contributed by atoms with Gasteiger partial charge < -0.3 is 11.1 Å². The number of nitrogens with one attached hydrogen (secondary N) is 1. The van der Waals surface area contributed by atoms with Crippen molar-refractivity contribution in [1.29, 1.82) is 0 Å². The fourth-order valence-electron chi connectivity index (χ4n) is 5.26. The highest BCUT2D eigenvalue weighted by atomic mass is 32.1. The molecular formula is C27H24N4OS. The van der Waals surface area contributed by atoms with E-state index < -0.39 is 0 Å². The summed E-state index contributed by atoms with van der Waals surface area (Å²) in [5.41, 5.74) is 12.1. The molecule has 33 heavy (non-hydrogen) atoms. The smallest absolute Gasteiger partial charge is 0.203 e. The van der Waals surface area contributed by atoms with Crippen molar-refractivity contribution in [3.63, 3.8) is 0 Å². The van der Waals surface area contributed by atoms with Crippen molar-refractivity contribution < 1.29 is 4.79 Å². The van der Waals surface area contributed by atoms with Crippen molar-refractivity contribution in [2.24, 2.45) is 5.41 Å². The number of hydrogen-bond donors (Lipinski definition) is 2. The fraction of sp³-hybridized carbons (Fsp3) is 0.222. The zero-order valence-electron chi connectivity index (χ0n) is 18.6. The van der Waals surface area contributed by atoms with Gasteiger partial charge in [0.15, 0.2) is 5.78 Å². The number of rotatable bonds is 2. The molecule has 0 spiro atoms. The van der Waals surface area contributed by atoms with E-state index in [0.717, 1.165) is 33.8 Å². The molecule has 5 nitrogen and oxygen atoms in total. The minimum Gasteiger partial charge on any atom is -0.374 e. The lowest BCUT2D eigenvalue weighted by Crippen LogP contribution is -2.33. The molecule has 0 saturated heterocycles. The van der Waals surface area contributed by atoms with Crippen molar-refractivity contribution >= 4 is 44.3 Å². The van der Waals surface area contributed by atoms with Gasteiger partial charge in [-0.3, -0.25) is 4.79 Å². The molecule has 0 bridgehead atoms. The molecule has 4 aromatic rings. The highest BCUT2D eigenvalue weighted by Gasteiger charge is 2.40. The number of carbonyl (C=O) groups excluding carboxylic acids is 1. The van der Waals surface area contributed by atoms with Crippen LogP contribution in [0.2, 0.25) is 0 Å². The number of fused-ring (bicyclic) bond motifs is 4. The monoisotopic (exact) mass is 452 g/mol. The molecule has 0 fully saturated rings. The third-order valence-corrected chi connectivity index (χ3v) is 7.47. The van der Waals surface area contributed by atoms with Crippen LogP contribution in [0, 0.1) is 5.41 Å². The number of anilines is 2. The number of benzene rings is 3. The molecule has 1 atom stereocenters. The maximum Gasteiger partial charge on any atom is 0.203 e. The maximum atomic E-state index is 13.5. The molecule has 6 heteroatoms. The van der Waals surface area contributed by atoms with Crippen LogP contribution in [0.3, 0.4) is 0 Å². The molecule has 1 aromatic heterocycles. The second-order valence-corrected chi connectivity index (χ2v) is 10.7. The van der Waals surface area contributed by atoms with Gasteiger partial charge in [-0.25, -0.2) is 0 Å². The Morgan fingerprint density at radius 3 is 2.55 bits per heavy atom. The lowest BCUT2D eigenvalue weighted by atomic mass is 9.68. The first kappa shape index (κ1) is 20.1. The van der Waals surface area contributed by atoms with Crippen LogP contribution in [0.4, 0.5) is 10.8 Å². The minimum absolute atomic E-state index is 0.0619. The van der Waals surface area contributed by atoms with Gasteiger partial charge in [0.2, 0.25) is 5.13 Å². The van der Waals surface area contributed by atoms with Crippen LogP contribution >= 0.6 is 11.3 Å². The average Bonchev–Trinajstić information content (AvgIpc) is 3.23. The third kappa shape index (κ3) is 3.33. The number of aromatic nitrogens is 2. The van der Waals surface area contributed by atoms with Crippen LogP contribution in [-0.2, 0) is 4.79 Å². The Labute approximate surface area is 196 Å². The van der Waals surface area contributed by atoms with Gasteiger partial charge in [-0.15, -0.1) is 10.2 Å². The summed E-state index contributed by atoms with van der Waals surface area (Å²) >= 11 is 1.37. The highest BCUT2D eigenvalue weighted by molar-refractivity contribution is 7.18. The first-order chi connectivity index (χ1) is 15.9. The quantitative estimate of drug-likeness (QED) is 0.376. The lowest BCUT2D eigenvalue weighted by molar-refractivity contribution is -0.118. The molecule has 0 radical (unpaired) electrons. The highest BCUT2D eigenvalue weighted by Crippen LogP contribution is 2.52. The number of allylic oxidation sites excluding steroid dienone is 1. The predicted molar refractivity (Wildman–Crippen MR) is 135 cm³/mol. The van der Waals surface area contributed by atoms with E-state index in [2.05, 4.69) is 77.9 Å². The zero-order valence-corrected chi connectivity index (χ0v) is 19.4. The minimum atomic E-state index is -0.175. The number of nitrogens with zero attached hydrogens (tertiary/aromatic N) is 2. The molecule has 1 aliphatic carbocycles. The zero-order chi connectivity index (χ0) is 22.7. The van der Waals surface area contributed by atoms with Gasteiger partial charge in [-0.05, 0) is 39.8 Å². The summed E-state index contributed by atoms with van der Waals surface area (Å²) in [5.74, 6) is 0.235. The van der Waals surface area contributed by atoms with Gasteiger partial charge in [0.1, 0.15) is 5.01 Å². The van der Waals surface area contributed by atoms with E-state index in [9.17, 15) is 4.79 Å². The summed E-state index contributed by atoms with van der Waals surface area (Å²) in [4.78, 5) is 13.5. The molecule has 3 N–H and O–H groups in total. The Bertz CT molecular complexity index is 1450. The van der Waals surface area contributed by atoms with E-state index >= 15 is 0 Å². The molecule has 0 amide bonds. The molecule has 3 aromatic carbocycles. The number of Topliss-reactive ketones (excluding diaryl/α,β-unsaturated/α-hetero) is 1. The Balaban J connectivity index is 1.51. The van der Waals surface area contributed by atoms with Gasteiger partial charge in [0.05, 0.1) is 6.04 Å². The number of ketones is 1. The summed E-state index contributed by atoms with van der Waals surface area (Å²) in [6.07, 6.45) is 1.45. The van der Waals surface area contributed by atoms with E-state index in [1.165, 1.54) is 33.2 Å². The van der Waals surface area contributed by atoms with Crippen molar-refractivity contribution in [1.82, 2.24) is 10.2 Å². The van der Waals surface area contributed by atoms with Crippen molar-refractivity contribution in [2.75, 3.05) is 11.1 Å². The standard InChI is InChI=1S/C27H24N4OS/c1-27(2)13-19-22-18-6-4-3-5-15(18)11-12-20(22)29-24(23(19)21(32)14-27)16-7-9-17(10-8-16)25-30-31-26(28)33-25/h3-12,24,29H,13-14H2,1-2H3,(H2,28,31)/t24-/m1/s1. The maximum absolute atomic E-state index is 13.5. The molecular weight excluding hydrogens is 428 g/mol. The molecule has 164 valence electrons. The van der Waals surface area contributed by atoms with Crippen molar-refractivity contribution in [2.45, 2.75) is 32.7 Å². The third-order valence-electron chi connectivity index (χ3n) is 6.67. The van der Waals surface area contributed by atoms with Crippen LogP contribution in [0.15, 0.2) is 66.2 Å². The summed E-state index contributed by atoms with van der Waals surface area (Å²) in [7, 11) is 0. The second-order valence-electron chi connectivity index (χ2n) is 9.69. The van der Waals surface area contributed by atoms with Crippen molar-refractivity contribution in [3.8, 4) is 10.6 Å². The van der Waals surface area contributed by atoms with Crippen LogP contribution in [-0.4, -0.2) is 16.0 Å². The summed E-state index contributed by atoms with van der Waals surface area (Å²) in [6.45, 7) is 4.39. The predicted octanol–water partition coefficient (Wildman–Crippen LogP) is 6.25. The van der Waals surface area contributed by atoms with Crippen LogP contribution < -0.4 is 11.1 Å². The number of nitrogen functional groups attached to an aromatic ring is 1. The van der Waals surface area contributed by atoms with Gasteiger partial charge in [0, 0.05) is 28.8 Å². The van der Waals surface area contributed by atoms with E-state index in [1.807, 2.05) is 12.1 Å². The van der Waals surface area contributed by atoms with Gasteiger partial charge >= 0.3 is 0 Å². The van der Waals surface area contributed by atoms with E-state index in [-0.39, 0.29) is 17.2 Å². The molecule has 1 aliphatic heterocycles. The summed E-state index contributed by atoms with van der Waals surface area (Å²) < 4.78 is 0. The van der Waals surface area contributed by atoms with E-state index in [0.29, 0.717) is 11.6 Å². The van der Waals surface area contributed by atoms with E-state index in [4.69, 9.17) is 5.73 Å². The first-order valence-electron chi connectivity index (χ1n) is 11.1. The molecule has 6 rings (SSSR count). The largest absolute Gasteiger partial charge is 0.374 e. The summed E-state index contributed by atoms with van der Waals surface area (Å²) in [6, 6.07) is 20.8. The number of carbonyl (C=O) groups is 1. The normalized spacial score (nSPS) is 19.2. The second kappa shape index (κ2) is 7.25. The Morgan fingerprint density at radius 2 is 1.79 bits per heavy atom. The Kier molecular flexibility index (Phi) is 4.42. The SMILES string of the molecule is CC1(C)CC(=O)C2=C(C1)c1c(ccc3ccccc13)N[C@@H]2c1ccc(-c2nnc(N)s2)cc1. The van der Waals surface area contributed by atoms with Gasteiger partial charge in [-0.2, -0.15) is 0 Å². The lowest BCUT2D eigenvalue weighted by Gasteiger charge is -2.40. The molecule has 2 heterocycles. The molecule has 2 aliphatic rings. The Hall–Kier alpha value is -3.51. The molecule has 0 saturated carbocycles. The number of nitrogens with two attached hydrogens (primary N) is 1. The van der Waals surface area contributed by atoms with Crippen LogP contribution in [0.5, 0.6) is 0 Å². The number of hydrogen-bond acceptors (Lipinski definition) is 6. The van der Waals surface area contributed by atoms with Crippen LogP contribution in [0.1, 0.15) is 43.9 Å². The van der Waals surface area contributed by atoms with Gasteiger partial charge in [0.25, 0.3) is 0 Å². The topological polar surface area (TPSA) is 80.9 Å². The average molecular weight is 453 g/mol. The van der Waals surface area contributed by atoms with Gasteiger partial charge in [-0.1, -0.05) is 79.8 Å². The van der Waals surface area contributed by atoms with E-state index in [1.54, 1.807) is 0 Å². The fourth-order valence-corrected chi connectivity index (χ4v) is 5.87.